The van der Waals surface area contributed by atoms with Crippen LogP contribution in [0, 0.1) is 6.92 Å². The van der Waals surface area contributed by atoms with Gasteiger partial charge in [0.1, 0.15) is 0 Å². The lowest BCUT2D eigenvalue weighted by molar-refractivity contribution is -0.113. The van der Waals surface area contributed by atoms with Crippen LogP contribution in [0.1, 0.15) is 28.4 Å². The molecule has 3 rings (SSSR count). The van der Waals surface area contributed by atoms with Gasteiger partial charge >= 0.3 is 5.97 Å². The highest BCUT2D eigenvalue weighted by Crippen LogP contribution is 2.37. The fourth-order valence-electron chi connectivity index (χ4n) is 2.72. The number of benzene rings is 2. The number of aryl methyl sites for hydroxylation is 1. The molecule has 0 unspecified atom stereocenters. The standard InChI is InChI=1S/C21H17NO3S2/c1-13(10-15-6-4-3-5-7-15)11-18-19(23)22(21(26)27-18)17-12-16(20(24)25)9-8-14(17)2/h3-12H,1-2H3,(H,24,25). The van der Waals surface area contributed by atoms with Crippen molar-refractivity contribution in [1.29, 1.82) is 0 Å². The molecule has 0 radical (unpaired) electrons. The first-order valence-electron chi connectivity index (χ1n) is 8.22. The second kappa shape index (κ2) is 7.90. The molecule has 1 saturated heterocycles. The van der Waals surface area contributed by atoms with E-state index in [9.17, 15) is 14.7 Å². The Kier molecular flexibility index (Phi) is 5.58. The molecule has 136 valence electrons. The van der Waals surface area contributed by atoms with Crippen molar-refractivity contribution in [3.8, 4) is 0 Å². The Balaban J connectivity index is 1.93. The van der Waals surface area contributed by atoms with E-state index < -0.39 is 5.97 Å². The first kappa shape index (κ1) is 19.1. The van der Waals surface area contributed by atoms with Gasteiger partial charge in [-0.05, 0) is 48.8 Å². The molecule has 6 heteroatoms. The van der Waals surface area contributed by atoms with Gasteiger partial charge in [0.2, 0.25) is 0 Å². The molecule has 1 fully saturated rings. The Bertz CT molecular complexity index is 994. The van der Waals surface area contributed by atoms with Crippen LogP contribution in [-0.4, -0.2) is 21.3 Å². The molecule has 0 spiro atoms. The number of carboxylic acids is 1. The van der Waals surface area contributed by atoms with E-state index in [2.05, 4.69) is 0 Å². The zero-order chi connectivity index (χ0) is 19.6. The summed E-state index contributed by atoms with van der Waals surface area (Å²) in [6.45, 7) is 3.75. The average molecular weight is 396 g/mol. The van der Waals surface area contributed by atoms with E-state index in [1.165, 1.54) is 28.8 Å². The van der Waals surface area contributed by atoms with Gasteiger partial charge in [0, 0.05) is 0 Å². The lowest BCUT2D eigenvalue weighted by Crippen LogP contribution is -2.28. The number of hydrogen-bond donors (Lipinski definition) is 1. The Morgan fingerprint density at radius 3 is 2.56 bits per heavy atom. The zero-order valence-electron chi connectivity index (χ0n) is 14.8. The van der Waals surface area contributed by atoms with Crippen molar-refractivity contribution in [2.75, 3.05) is 4.90 Å². The predicted octanol–water partition coefficient (Wildman–Crippen LogP) is 5.05. The minimum Gasteiger partial charge on any atom is -0.478 e. The van der Waals surface area contributed by atoms with Crippen LogP contribution in [0.2, 0.25) is 0 Å². The molecule has 1 aliphatic heterocycles. The summed E-state index contributed by atoms with van der Waals surface area (Å²) >= 11 is 6.61. The second-order valence-electron chi connectivity index (χ2n) is 6.12. The van der Waals surface area contributed by atoms with Crippen molar-refractivity contribution in [3.63, 3.8) is 0 Å². The Morgan fingerprint density at radius 1 is 1.19 bits per heavy atom. The molecule has 0 bridgehead atoms. The summed E-state index contributed by atoms with van der Waals surface area (Å²) in [5.41, 5.74) is 3.39. The number of amides is 1. The van der Waals surface area contributed by atoms with Crippen molar-refractivity contribution in [2.45, 2.75) is 13.8 Å². The molecule has 0 atom stereocenters. The van der Waals surface area contributed by atoms with Crippen LogP contribution in [-0.2, 0) is 4.79 Å². The van der Waals surface area contributed by atoms with Crippen molar-refractivity contribution < 1.29 is 14.7 Å². The number of carbonyl (C=O) groups is 2. The SMILES string of the molecule is CC(=Cc1ccccc1)C=C1SC(=S)N(c2cc(C(=O)O)ccc2C)C1=O. The Morgan fingerprint density at radius 2 is 1.89 bits per heavy atom. The Labute approximate surface area is 167 Å². The van der Waals surface area contributed by atoms with E-state index in [0.29, 0.717) is 14.9 Å². The van der Waals surface area contributed by atoms with Crippen molar-refractivity contribution in [1.82, 2.24) is 0 Å². The smallest absolute Gasteiger partial charge is 0.335 e. The summed E-state index contributed by atoms with van der Waals surface area (Å²) in [5, 5.41) is 9.23. The maximum absolute atomic E-state index is 12.9. The molecule has 27 heavy (non-hydrogen) atoms. The van der Waals surface area contributed by atoms with Crippen LogP contribution in [0.15, 0.2) is 65.1 Å². The van der Waals surface area contributed by atoms with Crippen LogP contribution in [0.3, 0.4) is 0 Å². The van der Waals surface area contributed by atoms with Crippen molar-refractivity contribution >= 4 is 51.9 Å². The number of thioether (sulfide) groups is 1. The summed E-state index contributed by atoms with van der Waals surface area (Å²) in [6, 6.07) is 14.5. The second-order valence-corrected chi connectivity index (χ2v) is 7.80. The summed E-state index contributed by atoms with van der Waals surface area (Å²) < 4.78 is 0.393. The minimum absolute atomic E-state index is 0.119. The van der Waals surface area contributed by atoms with Gasteiger partial charge in [-0.3, -0.25) is 9.69 Å². The maximum atomic E-state index is 12.9. The molecule has 1 amide bonds. The summed E-state index contributed by atoms with van der Waals surface area (Å²) in [6.07, 6.45) is 3.80. The Hall–Kier alpha value is -2.70. The van der Waals surface area contributed by atoms with Crippen molar-refractivity contribution in [3.05, 3.63) is 81.8 Å². The van der Waals surface area contributed by atoms with E-state index in [-0.39, 0.29) is 11.5 Å². The van der Waals surface area contributed by atoms with Gasteiger partial charge in [-0.25, -0.2) is 4.79 Å². The number of thiocarbonyl (C=S) groups is 1. The number of carbonyl (C=O) groups excluding carboxylic acids is 1. The van der Waals surface area contributed by atoms with Gasteiger partial charge in [-0.1, -0.05) is 66.5 Å². The van der Waals surface area contributed by atoms with Gasteiger partial charge in [0.25, 0.3) is 5.91 Å². The highest BCUT2D eigenvalue weighted by atomic mass is 32.2. The largest absolute Gasteiger partial charge is 0.478 e. The normalized spacial score (nSPS) is 16.3. The van der Waals surface area contributed by atoms with Gasteiger partial charge in [0.05, 0.1) is 16.2 Å². The van der Waals surface area contributed by atoms with E-state index in [1.807, 2.05) is 56.3 Å². The van der Waals surface area contributed by atoms with Gasteiger partial charge in [0.15, 0.2) is 4.32 Å². The number of rotatable bonds is 4. The van der Waals surface area contributed by atoms with Gasteiger partial charge in [-0.2, -0.15) is 0 Å². The molecular formula is C21H17NO3S2. The van der Waals surface area contributed by atoms with Crippen LogP contribution >= 0.6 is 24.0 Å². The summed E-state index contributed by atoms with van der Waals surface area (Å²) in [7, 11) is 0. The van der Waals surface area contributed by atoms with E-state index in [4.69, 9.17) is 12.2 Å². The van der Waals surface area contributed by atoms with Gasteiger partial charge in [-0.15, -0.1) is 0 Å². The quantitative estimate of drug-likeness (QED) is 0.580. The highest BCUT2D eigenvalue weighted by molar-refractivity contribution is 8.27. The molecule has 0 saturated carbocycles. The topological polar surface area (TPSA) is 57.6 Å². The third-order valence-corrected chi connectivity index (χ3v) is 5.35. The molecule has 4 nitrogen and oxygen atoms in total. The van der Waals surface area contributed by atoms with Crippen LogP contribution in [0.4, 0.5) is 5.69 Å². The fourth-order valence-corrected chi connectivity index (χ4v) is 4.05. The molecule has 1 aliphatic rings. The maximum Gasteiger partial charge on any atom is 0.335 e. The summed E-state index contributed by atoms with van der Waals surface area (Å²) in [5.74, 6) is -1.28. The highest BCUT2D eigenvalue weighted by Gasteiger charge is 2.34. The third-order valence-electron chi connectivity index (χ3n) is 4.04. The average Bonchev–Trinajstić information content (AvgIpc) is 2.89. The molecule has 1 N–H and O–H groups in total. The molecule has 0 aliphatic carbocycles. The first-order chi connectivity index (χ1) is 12.9. The molecule has 2 aromatic carbocycles. The monoisotopic (exact) mass is 395 g/mol. The molecule has 1 heterocycles. The number of anilines is 1. The molecular weight excluding hydrogens is 378 g/mol. The minimum atomic E-state index is -1.04. The lowest BCUT2D eigenvalue weighted by Gasteiger charge is -2.17. The van der Waals surface area contributed by atoms with Crippen LogP contribution < -0.4 is 4.90 Å². The van der Waals surface area contributed by atoms with E-state index >= 15 is 0 Å². The summed E-state index contributed by atoms with van der Waals surface area (Å²) in [4.78, 5) is 26.1. The third kappa shape index (κ3) is 4.18. The zero-order valence-corrected chi connectivity index (χ0v) is 16.4. The lowest BCUT2D eigenvalue weighted by atomic mass is 10.1. The molecule has 0 aromatic heterocycles. The van der Waals surface area contributed by atoms with Crippen LogP contribution in [0.5, 0.6) is 0 Å². The number of hydrogen-bond acceptors (Lipinski definition) is 4. The number of aromatic carboxylic acids is 1. The van der Waals surface area contributed by atoms with Crippen molar-refractivity contribution in [2.24, 2.45) is 0 Å². The fraction of sp³-hybridized carbons (Fsp3) is 0.0952. The van der Waals surface area contributed by atoms with E-state index in [0.717, 1.165) is 16.7 Å². The number of carboxylic acid groups (broad SMARTS) is 1. The molecule has 2 aromatic rings. The van der Waals surface area contributed by atoms with Gasteiger partial charge < -0.3 is 5.11 Å². The predicted molar refractivity (Wildman–Crippen MR) is 114 cm³/mol. The first-order valence-corrected chi connectivity index (χ1v) is 9.44. The van der Waals surface area contributed by atoms with Crippen LogP contribution in [0.25, 0.3) is 6.08 Å². The van der Waals surface area contributed by atoms with E-state index in [1.54, 1.807) is 6.07 Å². The number of allylic oxidation sites excluding steroid dienone is 2. The number of nitrogens with zero attached hydrogens (tertiary/aromatic N) is 1.